The van der Waals surface area contributed by atoms with Crippen molar-refractivity contribution in [3.8, 4) is 0 Å². The van der Waals surface area contributed by atoms with Gasteiger partial charge in [-0.05, 0) is 67.3 Å². The molecule has 4 rings (SSSR count). The molecule has 0 unspecified atom stereocenters. The van der Waals surface area contributed by atoms with Gasteiger partial charge in [-0.2, -0.15) is 0 Å². The lowest BCUT2D eigenvalue weighted by molar-refractivity contribution is -0.143. The lowest BCUT2D eigenvalue weighted by Gasteiger charge is -2.44. The van der Waals surface area contributed by atoms with Crippen LogP contribution in [0.4, 0.5) is 9.59 Å². The number of carbonyl (C=O) groups is 4. The van der Waals surface area contributed by atoms with Gasteiger partial charge in [-0.25, -0.2) is 9.59 Å². The number of rotatable bonds is 5. The van der Waals surface area contributed by atoms with Crippen LogP contribution in [0.15, 0.2) is 0 Å². The first-order chi connectivity index (χ1) is 19.7. The Morgan fingerprint density at radius 3 is 1.45 bits per heavy atom. The number of piperazine rings is 2. The molecule has 0 aromatic rings. The number of nitrogens with one attached hydrogen (secondary N) is 1. The Morgan fingerprint density at radius 1 is 0.667 bits per heavy atom. The third-order valence-electron chi connectivity index (χ3n) is 7.81. The molecule has 4 fully saturated rings. The topological polar surface area (TPSA) is 115 Å². The fourth-order valence-electron chi connectivity index (χ4n) is 5.25. The first-order valence-electron chi connectivity index (χ1n) is 15.7. The van der Waals surface area contributed by atoms with Crippen LogP contribution in [-0.2, 0) is 19.1 Å². The Balaban J connectivity index is 0.000000235. The maximum atomic E-state index is 12.6. The van der Waals surface area contributed by atoms with E-state index >= 15 is 0 Å². The third kappa shape index (κ3) is 9.72. The van der Waals surface area contributed by atoms with Crippen LogP contribution in [0.5, 0.6) is 0 Å². The summed E-state index contributed by atoms with van der Waals surface area (Å²) in [6.07, 6.45) is 3.14. The fourth-order valence-corrected chi connectivity index (χ4v) is 5.25. The van der Waals surface area contributed by atoms with Crippen molar-refractivity contribution >= 4 is 24.0 Å². The second-order valence-electron chi connectivity index (χ2n) is 13.6. The number of hydrogen-bond donors (Lipinski definition) is 1. The number of unbranched alkanes of at least 4 members (excludes halogenated alkanes) is 1. The molecule has 1 N–H and O–H groups in total. The van der Waals surface area contributed by atoms with Gasteiger partial charge in [-0.3, -0.25) is 24.3 Å². The SMILES string of the molecule is CC(C)(C)OC(=O)N1CC[C@H]1C(=O)N1CCNCC1.CCCCN1CCN(C(=O)[C@@H]2CCN2C(=O)OC(C)(C)C)CC1. The molecule has 4 aliphatic heterocycles. The van der Waals surface area contributed by atoms with Crippen molar-refractivity contribution in [2.75, 3.05) is 72.0 Å². The van der Waals surface area contributed by atoms with E-state index in [4.69, 9.17) is 9.47 Å². The first-order valence-corrected chi connectivity index (χ1v) is 15.7. The molecule has 12 heteroatoms. The highest BCUT2D eigenvalue weighted by Crippen LogP contribution is 2.24. The molecule has 42 heavy (non-hydrogen) atoms. The smallest absolute Gasteiger partial charge is 0.410 e. The molecule has 240 valence electrons. The standard InChI is InChI=1S/C17H31N3O3.C13H23N3O3/c1-5-6-8-18-10-12-19(13-11-18)15(21)14-7-9-20(14)16(22)23-17(2,3)4;1-13(2,3)19-12(18)16-7-4-10(16)11(17)15-8-5-14-6-9-15/h14H,5-13H2,1-4H3;10,14H,4-9H2,1-3H3/t14-;10-/m00/s1. The number of likely N-dealkylation sites (tertiary alicyclic amines) is 2. The molecule has 0 saturated carbocycles. The van der Waals surface area contributed by atoms with Gasteiger partial charge in [0.1, 0.15) is 23.3 Å². The summed E-state index contributed by atoms with van der Waals surface area (Å²) in [7, 11) is 0. The highest BCUT2D eigenvalue weighted by molar-refractivity contribution is 5.88. The summed E-state index contributed by atoms with van der Waals surface area (Å²) in [6.45, 7) is 22.0. The van der Waals surface area contributed by atoms with Crippen LogP contribution in [0.25, 0.3) is 0 Å². The van der Waals surface area contributed by atoms with Crippen molar-refractivity contribution in [2.45, 2.75) is 97.4 Å². The summed E-state index contributed by atoms with van der Waals surface area (Å²) >= 11 is 0. The molecular weight excluding hydrogens is 540 g/mol. The Morgan fingerprint density at radius 2 is 1.10 bits per heavy atom. The Kier molecular flexibility index (Phi) is 11.9. The third-order valence-corrected chi connectivity index (χ3v) is 7.81. The average Bonchev–Trinajstić information content (AvgIpc) is 2.85. The Bertz CT molecular complexity index is 934. The van der Waals surface area contributed by atoms with Crippen molar-refractivity contribution in [3.05, 3.63) is 0 Å². The maximum Gasteiger partial charge on any atom is 0.410 e. The van der Waals surface area contributed by atoms with E-state index in [-0.39, 0.29) is 36.1 Å². The molecule has 12 nitrogen and oxygen atoms in total. The van der Waals surface area contributed by atoms with Crippen molar-refractivity contribution in [1.82, 2.24) is 29.8 Å². The molecule has 4 amide bonds. The lowest BCUT2D eigenvalue weighted by atomic mass is 10.0. The van der Waals surface area contributed by atoms with Crippen molar-refractivity contribution in [3.63, 3.8) is 0 Å². The van der Waals surface area contributed by atoms with Gasteiger partial charge in [-0.1, -0.05) is 13.3 Å². The van der Waals surface area contributed by atoms with E-state index in [2.05, 4.69) is 17.1 Å². The maximum absolute atomic E-state index is 12.6. The zero-order valence-electron chi connectivity index (χ0n) is 26.9. The van der Waals surface area contributed by atoms with Crippen LogP contribution in [0.3, 0.4) is 0 Å². The minimum atomic E-state index is -0.523. The second-order valence-corrected chi connectivity index (χ2v) is 13.6. The quantitative estimate of drug-likeness (QED) is 0.516. The van der Waals surface area contributed by atoms with E-state index in [1.54, 1.807) is 4.90 Å². The summed E-state index contributed by atoms with van der Waals surface area (Å²) < 4.78 is 10.7. The molecule has 0 spiro atoms. The van der Waals surface area contributed by atoms with Crippen LogP contribution in [-0.4, -0.2) is 144 Å². The summed E-state index contributed by atoms with van der Waals surface area (Å²) in [6, 6.07) is -0.653. The zero-order valence-corrected chi connectivity index (χ0v) is 26.9. The van der Waals surface area contributed by atoms with Gasteiger partial charge in [0.25, 0.3) is 0 Å². The molecule has 4 aliphatic rings. The number of nitrogens with zero attached hydrogens (tertiary/aromatic N) is 5. The second kappa shape index (κ2) is 14.7. The van der Waals surface area contributed by atoms with Gasteiger partial charge in [-0.15, -0.1) is 0 Å². The molecule has 0 aliphatic carbocycles. The highest BCUT2D eigenvalue weighted by Gasteiger charge is 2.43. The number of hydrogen-bond acceptors (Lipinski definition) is 8. The molecule has 0 radical (unpaired) electrons. The molecular formula is C30H54N6O6. The number of carbonyl (C=O) groups excluding carboxylic acids is 4. The van der Waals surface area contributed by atoms with Gasteiger partial charge in [0.2, 0.25) is 11.8 Å². The molecule has 0 aromatic heterocycles. The van der Waals surface area contributed by atoms with Crippen LogP contribution in [0.2, 0.25) is 0 Å². The van der Waals surface area contributed by atoms with E-state index in [0.29, 0.717) is 13.1 Å². The first kappa shape index (κ1) is 33.9. The van der Waals surface area contributed by atoms with Crippen LogP contribution in [0.1, 0.15) is 74.1 Å². The van der Waals surface area contributed by atoms with Gasteiger partial charge in [0.05, 0.1) is 0 Å². The summed E-state index contributed by atoms with van der Waals surface area (Å²) in [5.41, 5.74) is -1.04. The predicted octanol–water partition coefficient (Wildman–Crippen LogP) is 2.37. The van der Waals surface area contributed by atoms with Gasteiger partial charge in [0, 0.05) is 65.4 Å². The van der Waals surface area contributed by atoms with Crippen LogP contribution in [0, 0.1) is 0 Å². The monoisotopic (exact) mass is 594 g/mol. The van der Waals surface area contributed by atoms with E-state index in [9.17, 15) is 19.2 Å². The molecule has 2 atom stereocenters. The Labute approximate surface area is 252 Å². The molecule has 4 saturated heterocycles. The van der Waals surface area contributed by atoms with Crippen molar-refractivity contribution in [2.24, 2.45) is 0 Å². The minimum Gasteiger partial charge on any atom is -0.444 e. The summed E-state index contributed by atoms with van der Waals surface area (Å²) in [5.74, 6) is 0.135. The largest absolute Gasteiger partial charge is 0.444 e. The van der Waals surface area contributed by atoms with Crippen molar-refractivity contribution in [1.29, 1.82) is 0 Å². The average molecular weight is 595 g/mol. The zero-order chi connectivity index (χ0) is 31.1. The van der Waals surface area contributed by atoms with Gasteiger partial charge >= 0.3 is 12.2 Å². The van der Waals surface area contributed by atoms with Gasteiger partial charge < -0.3 is 24.6 Å². The normalized spacial score (nSPS) is 23.2. The number of amides is 4. The summed E-state index contributed by atoms with van der Waals surface area (Å²) in [5, 5.41) is 3.21. The number of ether oxygens (including phenoxy) is 2. The highest BCUT2D eigenvalue weighted by atomic mass is 16.6. The molecule has 0 aromatic carbocycles. The Hall–Kier alpha value is -2.60. The molecule has 4 heterocycles. The molecule has 0 bridgehead atoms. The minimum absolute atomic E-state index is 0.0543. The van der Waals surface area contributed by atoms with Crippen molar-refractivity contribution < 1.29 is 28.7 Å². The van der Waals surface area contributed by atoms with E-state index < -0.39 is 11.2 Å². The lowest BCUT2D eigenvalue weighted by Crippen LogP contribution is -2.62. The van der Waals surface area contributed by atoms with Crippen LogP contribution < -0.4 is 5.32 Å². The van der Waals surface area contributed by atoms with E-state index in [0.717, 1.165) is 71.7 Å². The van der Waals surface area contributed by atoms with E-state index in [1.807, 2.05) is 51.3 Å². The van der Waals surface area contributed by atoms with Gasteiger partial charge in [0.15, 0.2) is 0 Å². The van der Waals surface area contributed by atoms with E-state index in [1.165, 1.54) is 17.7 Å². The summed E-state index contributed by atoms with van der Waals surface area (Å²) in [4.78, 5) is 58.3. The predicted molar refractivity (Wildman–Crippen MR) is 160 cm³/mol. The fraction of sp³-hybridized carbons (Fsp3) is 0.867. The van der Waals surface area contributed by atoms with Crippen LogP contribution >= 0.6 is 0 Å².